The zero-order valence-electron chi connectivity index (χ0n) is 22.4. The summed E-state index contributed by atoms with van der Waals surface area (Å²) in [6.07, 6.45) is -0.690. The van der Waals surface area contributed by atoms with Gasteiger partial charge in [0.25, 0.3) is 0 Å². The minimum atomic E-state index is -1.82. The monoisotopic (exact) mass is 520 g/mol. The Morgan fingerprint density at radius 3 is 2.19 bits per heavy atom. The molecule has 0 spiro atoms. The maximum Gasteiger partial charge on any atom is 0.313 e. The molecular weight excluding hydrogens is 484 g/mol. The summed E-state index contributed by atoms with van der Waals surface area (Å²) in [5, 5.41) is 12.9. The first-order valence-corrected chi connectivity index (χ1v) is 12.6. The van der Waals surface area contributed by atoms with E-state index in [1.54, 1.807) is 6.07 Å². The minimum absolute atomic E-state index is 0.276. The highest BCUT2D eigenvalue weighted by Gasteiger charge is 2.78. The molecule has 0 saturated heterocycles. The molecule has 2 saturated carbocycles. The molecule has 0 aromatic carbocycles. The summed E-state index contributed by atoms with van der Waals surface area (Å²) >= 11 is 0. The average Bonchev–Trinajstić information content (AvgIpc) is 3.27. The molecule has 3 aliphatic rings. The van der Waals surface area contributed by atoms with Crippen LogP contribution in [-0.4, -0.2) is 60.0 Å². The largest absolute Gasteiger partial charge is 0.469 e. The maximum atomic E-state index is 13.3. The zero-order chi connectivity index (χ0) is 27.5. The molecule has 0 radical (unpaired) electrons. The summed E-state index contributed by atoms with van der Waals surface area (Å²) in [6, 6.07) is 1.68. The number of aliphatic hydroxyl groups is 1. The van der Waals surface area contributed by atoms with Crippen LogP contribution in [0.4, 0.5) is 0 Å². The molecule has 2 fully saturated rings. The van der Waals surface area contributed by atoms with Gasteiger partial charge >= 0.3 is 23.9 Å². The third-order valence-electron chi connectivity index (χ3n) is 9.14. The Labute approximate surface area is 215 Å². The van der Waals surface area contributed by atoms with Crippen LogP contribution in [-0.2, 0) is 44.5 Å². The van der Waals surface area contributed by atoms with Crippen molar-refractivity contribution < 1.29 is 47.6 Å². The molecule has 1 N–H and O–H groups in total. The van der Waals surface area contributed by atoms with Crippen molar-refractivity contribution >= 4 is 23.9 Å². The van der Waals surface area contributed by atoms with Crippen molar-refractivity contribution in [2.45, 2.75) is 90.6 Å². The van der Waals surface area contributed by atoms with Crippen LogP contribution in [0.3, 0.4) is 0 Å². The fourth-order valence-corrected chi connectivity index (χ4v) is 7.66. The normalized spacial score (nSPS) is 37.7. The van der Waals surface area contributed by atoms with E-state index in [4.69, 9.17) is 23.4 Å². The molecule has 8 atom stereocenters. The van der Waals surface area contributed by atoms with E-state index in [0.29, 0.717) is 24.2 Å². The van der Waals surface area contributed by atoms with Crippen molar-refractivity contribution in [3.8, 4) is 0 Å². The average molecular weight is 521 g/mol. The van der Waals surface area contributed by atoms with Crippen molar-refractivity contribution in [1.29, 1.82) is 0 Å². The lowest BCUT2D eigenvalue weighted by Gasteiger charge is -2.69. The minimum Gasteiger partial charge on any atom is -0.469 e. The Bertz CT molecular complexity index is 1100. The number of hydrogen-bond donors (Lipinski definition) is 1. The van der Waals surface area contributed by atoms with Crippen molar-refractivity contribution in [3.05, 3.63) is 23.7 Å². The number of hydrogen-bond acceptors (Lipinski definition) is 10. The van der Waals surface area contributed by atoms with Crippen molar-refractivity contribution in [1.82, 2.24) is 0 Å². The van der Waals surface area contributed by atoms with Crippen LogP contribution in [0.2, 0.25) is 0 Å². The first-order valence-electron chi connectivity index (χ1n) is 12.6. The Morgan fingerprint density at radius 1 is 1.00 bits per heavy atom. The Hall–Kier alpha value is -2.88. The van der Waals surface area contributed by atoms with Crippen LogP contribution >= 0.6 is 0 Å². The molecular formula is C27H36O10. The summed E-state index contributed by atoms with van der Waals surface area (Å²) in [4.78, 5) is 50.4. The highest BCUT2D eigenvalue weighted by atomic mass is 16.6. The summed E-state index contributed by atoms with van der Waals surface area (Å²) < 4.78 is 28.5. The lowest BCUT2D eigenvalue weighted by atomic mass is 9.39. The van der Waals surface area contributed by atoms with E-state index >= 15 is 0 Å². The third-order valence-corrected chi connectivity index (χ3v) is 9.14. The van der Waals surface area contributed by atoms with E-state index < -0.39 is 76.4 Å². The summed E-state index contributed by atoms with van der Waals surface area (Å²) in [7, 11) is 1.27. The van der Waals surface area contributed by atoms with Gasteiger partial charge in [-0.05, 0) is 30.2 Å². The van der Waals surface area contributed by atoms with Gasteiger partial charge in [-0.1, -0.05) is 20.8 Å². The maximum absolute atomic E-state index is 13.3. The van der Waals surface area contributed by atoms with Gasteiger partial charge in [-0.3, -0.25) is 19.2 Å². The van der Waals surface area contributed by atoms with Crippen molar-refractivity contribution in [3.63, 3.8) is 0 Å². The van der Waals surface area contributed by atoms with Crippen LogP contribution in [0.25, 0.3) is 0 Å². The van der Waals surface area contributed by atoms with E-state index in [1.165, 1.54) is 34.1 Å². The molecule has 204 valence electrons. The number of carbonyl (C=O) groups is 4. The second-order valence-electron chi connectivity index (χ2n) is 11.4. The number of fused-ring (bicyclic) bond motifs is 4. The van der Waals surface area contributed by atoms with E-state index in [2.05, 4.69) is 0 Å². The predicted molar refractivity (Wildman–Crippen MR) is 127 cm³/mol. The summed E-state index contributed by atoms with van der Waals surface area (Å²) in [5.41, 5.74) is -3.35. The molecule has 10 nitrogen and oxygen atoms in total. The number of furan rings is 1. The standard InChI is InChI=1S/C27H36O10/c1-13(28)35-19-8-10-25(4,5)27(32)23(37-15(3)30)22(36-14(2)29)21-17(26(19,27)6)12-18-16(9-11-34-18)20(21)24(31)33-7/h9,11,17,19-23,32H,8,10,12H2,1-7H3. The molecule has 37 heavy (non-hydrogen) atoms. The van der Waals surface area contributed by atoms with Gasteiger partial charge in [0.2, 0.25) is 0 Å². The van der Waals surface area contributed by atoms with Crippen molar-refractivity contribution in [2.75, 3.05) is 7.11 Å². The second-order valence-corrected chi connectivity index (χ2v) is 11.4. The molecule has 1 heterocycles. The smallest absolute Gasteiger partial charge is 0.313 e. The molecule has 8 unspecified atom stereocenters. The first kappa shape index (κ1) is 27.2. The van der Waals surface area contributed by atoms with E-state index in [1.807, 2.05) is 20.8 Å². The molecule has 3 aliphatic carbocycles. The van der Waals surface area contributed by atoms with Gasteiger partial charge in [-0.15, -0.1) is 0 Å². The molecule has 0 aliphatic heterocycles. The van der Waals surface area contributed by atoms with E-state index in [0.717, 1.165) is 0 Å². The number of methoxy groups -OCH3 is 1. The molecule has 1 aromatic heterocycles. The zero-order valence-corrected chi connectivity index (χ0v) is 22.4. The van der Waals surface area contributed by atoms with Crippen LogP contribution < -0.4 is 0 Å². The second kappa shape index (κ2) is 9.15. The van der Waals surface area contributed by atoms with Gasteiger partial charge in [0.05, 0.1) is 19.3 Å². The Balaban J connectivity index is 2.06. The molecule has 1 aromatic rings. The van der Waals surface area contributed by atoms with Gasteiger partial charge < -0.3 is 28.5 Å². The number of esters is 4. The quantitative estimate of drug-likeness (QED) is 0.466. The van der Waals surface area contributed by atoms with Gasteiger partial charge in [0, 0.05) is 44.1 Å². The lowest BCUT2D eigenvalue weighted by Crippen LogP contribution is -2.80. The highest BCUT2D eigenvalue weighted by Crippen LogP contribution is 2.68. The molecule has 10 heteroatoms. The van der Waals surface area contributed by atoms with Gasteiger partial charge in [-0.25, -0.2) is 0 Å². The van der Waals surface area contributed by atoms with Crippen LogP contribution in [0.1, 0.15) is 71.6 Å². The third kappa shape index (κ3) is 3.86. The van der Waals surface area contributed by atoms with Crippen molar-refractivity contribution in [2.24, 2.45) is 22.7 Å². The Kier molecular flexibility index (Phi) is 6.72. The van der Waals surface area contributed by atoms with Gasteiger partial charge in [0.1, 0.15) is 23.6 Å². The number of rotatable bonds is 4. The predicted octanol–water partition coefficient (Wildman–Crippen LogP) is 2.69. The van der Waals surface area contributed by atoms with Crippen LogP contribution in [0, 0.1) is 22.7 Å². The molecule has 4 rings (SSSR count). The van der Waals surface area contributed by atoms with E-state index in [-0.39, 0.29) is 6.42 Å². The lowest BCUT2D eigenvalue weighted by molar-refractivity contribution is -0.339. The fraction of sp³-hybridized carbons (Fsp3) is 0.704. The van der Waals surface area contributed by atoms with E-state index in [9.17, 15) is 24.3 Å². The van der Waals surface area contributed by atoms with Crippen LogP contribution in [0.5, 0.6) is 0 Å². The Morgan fingerprint density at radius 2 is 1.62 bits per heavy atom. The fourth-order valence-electron chi connectivity index (χ4n) is 7.66. The molecule has 0 bridgehead atoms. The first-order chi connectivity index (χ1) is 17.2. The summed E-state index contributed by atoms with van der Waals surface area (Å²) in [6.45, 7) is 9.26. The highest BCUT2D eigenvalue weighted by molar-refractivity contribution is 5.80. The van der Waals surface area contributed by atoms with Gasteiger partial charge in [-0.2, -0.15) is 0 Å². The summed E-state index contributed by atoms with van der Waals surface area (Å²) in [5.74, 6) is -4.19. The SMILES string of the molecule is COC(=O)C1c2ccoc2CC2C1C(OC(C)=O)C(OC(C)=O)C1(O)C(C)(C)CCC(OC(C)=O)C21C. The number of ether oxygens (including phenoxy) is 4. The number of carbonyl (C=O) groups excluding carboxylic acids is 4. The van der Waals surface area contributed by atoms with Gasteiger partial charge in [0.15, 0.2) is 6.10 Å². The van der Waals surface area contributed by atoms with Crippen LogP contribution in [0.15, 0.2) is 16.7 Å². The topological polar surface area (TPSA) is 139 Å². The molecule has 0 amide bonds.